The number of amides is 2. The van der Waals surface area contributed by atoms with Crippen LogP contribution in [-0.4, -0.2) is 49.4 Å². The zero-order valence-corrected chi connectivity index (χ0v) is 24.1. The molecule has 4 aromatic carbocycles. The molecule has 1 aliphatic heterocycles. The first kappa shape index (κ1) is 29.4. The molecule has 218 valence electrons. The summed E-state index contributed by atoms with van der Waals surface area (Å²) < 4.78 is 29.8. The highest BCUT2D eigenvalue weighted by molar-refractivity contribution is 7.89. The van der Waals surface area contributed by atoms with Crippen LogP contribution >= 0.6 is 0 Å². The molecular formula is C33H35N3O5S. The molecule has 0 aliphatic carbocycles. The first-order valence-electron chi connectivity index (χ1n) is 14.2. The van der Waals surface area contributed by atoms with Gasteiger partial charge in [-0.15, -0.1) is 0 Å². The Labute approximate surface area is 246 Å². The van der Waals surface area contributed by atoms with E-state index in [0.717, 1.165) is 34.7 Å². The maximum atomic E-state index is 13.5. The summed E-state index contributed by atoms with van der Waals surface area (Å²) in [6.45, 7) is 1.21. The van der Waals surface area contributed by atoms with Crippen molar-refractivity contribution in [1.82, 2.24) is 14.9 Å². The predicted molar refractivity (Wildman–Crippen MR) is 162 cm³/mol. The second-order valence-corrected chi connectivity index (χ2v) is 12.3. The van der Waals surface area contributed by atoms with E-state index in [4.69, 9.17) is 0 Å². The highest BCUT2D eigenvalue weighted by Gasteiger charge is 2.30. The van der Waals surface area contributed by atoms with Crippen molar-refractivity contribution < 1.29 is 23.1 Å². The molecule has 0 saturated carbocycles. The van der Waals surface area contributed by atoms with Crippen molar-refractivity contribution >= 4 is 32.6 Å². The van der Waals surface area contributed by atoms with Gasteiger partial charge in [0.2, 0.25) is 21.8 Å². The number of sulfonamides is 1. The summed E-state index contributed by atoms with van der Waals surface area (Å²) in [5, 5.41) is 14.0. The molecule has 0 radical (unpaired) electrons. The third kappa shape index (κ3) is 7.23. The third-order valence-electron chi connectivity index (χ3n) is 7.62. The van der Waals surface area contributed by atoms with Crippen LogP contribution < -0.4 is 10.0 Å². The van der Waals surface area contributed by atoms with Gasteiger partial charge in [-0.25, -0.2) is 13.1 Å². The summed E-state index contributed by atoms with van der Waals surface area (Å²) in [6, 6.07) is 27.0. The van der Waals surface area contributed by atoms with Gasteiger partial charge in [-0.1, -0.05) is 84.9 Å². The van der Waals surface area contributed by atoms with Gasteiger partial charge in [0.25, 0.3) is 0 Å². The molecule has 1 aliphatic rings. The Kier molecular flexibility index (Phi) is 9.31. The van der Waals surface area contributed by atoms with Gasteiger partial charge in [-0.2, -0.15) is 0 Å². The second-order valence-electron chi connectivity index (χ2n) is 10.6. The number of rotatable bonds is 11. The summed E-state index contributed by atoms with van der Waals surface area (Å²) >= 11 is 0. The molecule has 0 spiro atoms. The zero-order valence-electron chi connectivity index (χ0n) is 23.3. The quantitative estimate of drug-likeness (QED) is 0.245. The molecule has 5 rings (SSSR count). The van der Waals surface area contributed by atoms with Crippen LogP contribution in [0.25, 0.3) is 10.8 Å². The number of aliphatic hydroxyl groups is 1. The molecule has 0 bridgehead atoms. The number of likely N-dealkylation sites (tertiary alicyclic amines) is 1. The second kappa shape index (κ2) is 13.3. The fraction of sp³-hybridized carbons (Fsp3) is 0.273. The Morgan fingerprint density at radius 2 is 1.45 bits per heavy atom. The molecule has 1 heterocycles. The SMILES string of the molecule is O=C(CC(NS(=O)(=O)c1ccc2ccccc2c1)c1ccccc1)NC(Cc1ccc(CO)cc1)C(=O)N1CCCC1. The van der Waals surface area contributed by atoms with Crippen LogP contribution in [0.5, 0.6) is 0 Å². The Balaban J connectivity index is 1.36. The molecule has 3 N–H and O–H groups in total. The molecule has 1 fully saturated rings. The van der Waals surface area contributed by atoms with Gasteiger partial charge in [0.05, 0.1) is 17.5 Å². The van der Waals surface area contributed by atoms with Gasteiger partial charge in [0.1, 0.15) is 6.04 Å². The van der Waals surface area contributed by atoms with Crippen LogP contribution in [-0.2, 0) is 32.6 Å². The van der Waals surface area contributed by atoms with Crippen LogP contribution in [0.1, 0.15) is 42.0 Å². The number of aliphatic hydroxyl groups excluding tert-OH is 1. The summed E-state index contributed by atoms with van der Waals surface area (Å²) in [5.74, 6) is -0.588. The first-order valence-corrected chi connectivity index (χ1v) is 15.6. The van der Waals surface area contributed by atoms with Crippen LogP contribution in [0, 0.1) is 0 Å². The minimum absolute atomic E-state index is 0.0802. The number of fused-ring (bicyclic) bond motifs is 1. The minimum atomic E-state index is -3.98. The van der Waals surface area contributed by atoms with E-state index in [9.17, 15) is 23.1 Å². The van der Waals surface area contributed by atoms with Crippen LogP contribution in [0.2, 0.25) is 0 Å². The lowest BCUT2D eigenvalue weighted by Crippen LogP contribution is -2.49. The molecule has 1 saturated heterocycles. The number of benzene rings is 4. The van der Waals surface area contributed by atoms with Crippen molar-refractivity contribution in [2.75, 3.05) is 13.1 Å². The lowest BCUT2D eigenvalue weighted by Gasteiger charge is -2.25. The van der Waals surface area contributed by atoms with Gasteiger partial charge in [-0.05, 0) is 52.4 Å². The number of hydrogen-bond acceptors (Lipinski definition) is 5. The Bertz CT molecular complexity index is 1640. The molecule has 2 amide bonds. The summed E-state index contributed by atoms with van der Waals surface area (Å²) in [5.41, 5.74) is 2.25. The Hall–Kier alpha value is -4.05. The van der Waals surface area contributed by atoms with E-state index in [-0.39, 0.29) is 30.3 Å². The van der Waals surface area contributed by atoms with E-state index in [1.165, 1.54) is 0 Å². The lowest BCUT2D eigenvalue weighted by molar-refractivity contribution is -0.135. The Morgan fingerprint density at radius 3 is 2.14 bits per heavy atom. The van der Waals surface area contributed by atoms with Crippen LogP contribution in [0.15, 0.2) is 102 Å². The molecule has 4 aromatic rings. The van der Waals surface area contributed by atoms with E-state index in [2.05, 4.69) is 10.0 Å². The summed E-state index contributed by atoms with van der Waals surface area (Å²) in [6.07, 6.45) is 1.93. The lowest BCUT2D eigenvalue weighted by atomic mass is 10.0. The fourth-order valence-electron chi connectivity index (χ4n) is 5.32. The number of hydrogen-bond donors (Lipinski definition) is 3. The van der Waals surface area contributed by atoms with Crippen molar-refractivity contribution in [3.8, 4) is 0 Å². The molecule has 2 unspecified atom stereocenters. The summed E-state index contributed by atoms with van der Waals surface area (Å²) in [7, 11) is -3.98. The fourth-order valence-corrected chi connectivity index (χ4v) is 6.58. The van der Waals surface area contributed by atoms with E-state index in [0.29, 0.717) is 18.7 Å². The number of carbonyl (C=O) groups excluding carboxylic acids is 2. The predicted octanol–water partition coefficient (Wildman–Crippen LogP) is 4.09. The Morgan fingerprint density at radius 1 is 0.810 bits per heavy atom. The van der Waals surface area contributed by atoms with Crippen molar-refractivity contribution in [3.63, 3.8) is 0 Å². The van der Waals surface area contributed by atoms with E-state index >= 15 is 0 Å². The number of nitrogens with one attached hydrogen (secondary N) is 2. The largest absolute Gasteiger partial charge is 0.392 e. The van der Waals surface area contributed by atoms with Crippen LogP contribution in [0.4, 0.5) is 0 Å². The van der Waals surface area contributed by atoms with Gasteiger partial charge >= 0.3 is 0 Å². The maximum Gasteiger partial charge on any atom is 0.245 e. The topological polar surface area (TPSA) is 116 Å². The third-order valence-corrected chi connectivity index (χ3v) is 9.09. The summed E-state index contributed by atoms with van der Waals surface area (Å²) in [4.78, 5) is 28.8. The molecule has 0 aromatic heterocycles. The molecule has 42 heavy (non-hydrogen) atoms. The molecule has 8 nitrogen and oxygen atoms in total. The average molecular weight is 586 g/mol. The van der Waals surface area contributed by atoms with Gasteiger partial charge in [0.15, 0.2) is 0 Å². The van der Waals surface area contributed by atoms with Crippen molar-refractivity contribution in [1.29, 1.82) is 0 Å². The van der Waals surface area contributed by atoms with Gasteiger partial charge in [0, 0.05) is 25.9 Å². The zero-order chi connectivity index (χ0) is 29.5. The van der Waals surface area contributed by atoms with E-state index in [1.807, 2.05) is 42.5 Å². The van der Waals surface area contributed by atoms with Gasteiger partial charge in [-0.3, -0.25) is 9.59 Å². The highest BCUT2D eigenvalue weighted by atomic mass is 32.2. The van der Waals surface area contributed by atoms with Crippen LogP contribution in [0.3, 0.4) is 0 Å². The molecular weight excluding hydrogens is 550 g/mol. The molecule has 2 atom stereocenters. The van der Waals surface area contributed by atoms with Crippen molar-refractivity contribution in [2.24, 2.45) is 0 Å². The number of nitrogens with zero attached hydrogens (tertiary/aromatic N) is 1. The molecule has 9 heteroatoms. The average Bonchev–Trinajstić information content (AvgIpc) is 3.56. The highest BCUT2D eigenvalue weighted by Crippen LogP contribution is 2.24. The smallest absolute Gasteiger partial charge is 0.245 e. The number of carbonyl (C=O) groups is 2. The standard InChI is InChI=1S/C33H35N3O5S/c37-23-25-14-12-24(13-15-25)20-31(33(39)36-18-6-7-19-36)34-32(38)22-30(27-9-2-1-3-10-27)35-42(40,41)29-17-16-26-8-4-5-11-28(26)21-29/h1-5,8-17,21,30-31,35,37H,6-7,18-20,22-23H2,(H,34,38). The maximum absolute atomic E-state index is 13.5. The van der Waals surface area contributed by atoms with Crippen molar-refractivity contribution in [2.45, 2.75) is 49.3 Å². The van der Waals surface area contributed by atoms with Crippen molar-refractivity contribution in [3.05, 3.63) is 114 Å². The normalized spacial score (nSPS) is 14.9. The van der Waals surface area contributed by atoms with E-state index in [1.54, 1.807) is 59.5 Å². The monoisotopic (exact) mass is 585 g/mol. The first-order chi connectivity index (χ1) is 20.3. The van der Waals surface area contributed by atoms with Gasteiger partial charge < -0.3 is 15.3 Å². The van der Waals surface area contributed by atoms with E-state index < -0.39 is 28.0 Å². The minimum Gasteiger partial charge on any atom is -0.392 e.